The van der Waals surface area contributed by atoms with Crippen molar-refractivity contribution in [2.45, 2.75) is 65.5 Å². The molecule has 0 aromatic heterocycles. The number of likely N-dealkylation sites (N-methyl/N-ethyl adjacent to an activating group) is 1. The lowest BCUT2D eigenvalue weighted by molar-refractivity contribution is 0.156. The highest BCUT2D eigenvalue weighted by Crippen LogP contribution is 2.21. The summed E-state index contributed by atoms with van der Waals surface area (Å²) in [6, 6.07) is 1.32. The van der Waals surface area contributed by atoms with Crippen LogP contribution in [0, 0.1) is 11.8 Å². The molecule has 1 saturated heterocycles. The summed E-state index contributed by atoms with van der Waals surface area (Å²) in [7, 11) is 4.42. The highest BCUT2D eigenvalue weighted by Gasteiger charge is 2.24. The summed E-state index contributed by atoms with van der Waals surface area (Å²) in [5.74, 6) is 1.63. The first-order valence-corrected chi connectivity index (χ1v) is 9.06. The van der Waals surface area contributed by atoms with Gasteiger partial charge in [-0.2, -0.15) is 0 Å². The Hall–Kier alpha value is -0.120. The standard InChI is InChI=1S/C18H39N3/c1-7-10-21-11-8-17(9-12-21)16(4)19-14-18(20(5)6)13-15(2)3/h15-19H,7-14H2,1-6H3. The van der Waals surface area contributed by atoms with Gasteiger partial charge in [0.25, 0.3) is 0 Å². The second kappa shape index (κ2) is 9.81. The Balaban J connectivity index is 2.31. The van der Waals surface area contributed by atoms with Gasteiger partial charge in [0, 0.05) is 18.6 Å². The third-order valence-corrected chi connectivity index (χ3v) is 5.03. The van der Waals surface area contributed by atoms with Gasteiger partial charge in [-0.05, 0) is 78.2 Å². The van der Waals surface area contributed by atoms with E-state index in [4.69, 9.17) is 0 Å². The molecule has 1 aliphatic heterocycles. The van der Waals surface area contributed by atoms with Crippen LogP contribution in [0.4, 0.5) is 0 Å². The lowest BCUT2D eigenvalue weighted by Crippen LogP contribution is -2.46. The summed E-state index contributed by atoms with van der Waals surface area (Å²) >= 11 is 0. The van der Waals surface area contributed by atoms with Gasteiger partial charge >= 0.3 is 0 Å². The Morgan fingerprint density at radius 3 is 2.24 bits per heavy atom. The van der Waals surface area contributed by atoms with Crippen molar-refractivity contribution >= 4 is 0 Å². The van der Waals surface area contributed by atoms with Crippen LogP contribution >= 0.6 is 0 Å². The Morgan fingerprint density at radius 2 is 1.76 bits per heavy atom. The van der Waals surface area contributed by atoms with Gasteiger partial charge in [0.15, 0.2) is 0 Å². The van der Waals surface area contributed by atoms with Gasteiger partial charge in [-0.25, -0.2) is 0 Å². The van der Waals surface area contributed by atoms with Crippen molar-refractivity contribution in [3.63, 3.8) is 0 Å². The molecule has 3 heteroatoms. The van der Waals surface area contributed by atoms with Gasteiger partial charge in [-0.15, -0.1) is 0 Å². The number of hydrogen-bond donors (Lipinski definition) is 1. The van der Waals surface area contributed by atoms with Crippen molar-refractivity contribution in [2.75, 3.05) is 40.3 Å². The van der Waals surface area contributed by atoms with Crippen LogP contribution in [0.2, 0.25) is 0 Å². The van der Waals surface area contributed by atoms with E-state index in [9.17, 15) is 0 Å². The predicted molar refractivity (Wildman–Crippen MR) is 93.8 cm³/mol. The van der Waals surface area contributed by atoms with Crippen LogP contribution in [0.15, 0.2) is 0 Å². The van der Waals surface area contributed by atoms with E-state index < -0.39 is 0 Å². The van der Waals surface area contributed by atoms with Crippen molar-refractivity contribution in [3.8, 4) is 0 Å². The van der Waals surface area contributed by atoms with Crippen molar-refractivity contribution in [3.05, 3.63) is 0 Å². The average Bonchev–Trinajstić information content (AvgIpc) is 2.43. The molecule has 2 atom stereocenters. The third-order valence-electron chi connectivity index (χ3n) is 5.03. The van der Waals surface area contributed by atoms with Crippen LogP contribution < -0.4 is 5.32 Å². The van der Waals surface area contributed by atoms with Crippen LogP contribution in [0.3, 0.4) is 0 Å². The minimum atomic E-state index is 0.656. The molecule has 0 aromatic rings. The summed E-state index contributed by atoms with van der Waals surface area (Å²) < 4.78 is 0. The zero-order chi connectivity index (χ0) is 15.8. The fraction of sp³-hybridized carbons (Fsp3) is 1.00. The molecule has 1 fully saturated rings. The van der Waals surface area contributed by atoms with Crippen molar-refractivity contribution in [1.29, 1.82) is 0 Å². The van der Waals surface area contributed by atoms with E-state index in [0.29, 0.717) is 12.1 Å². The number of hydrogen-bond acceptors (Lipinski definition) is 3. The molecular weight excluding hydrogens is 258 g/mol. The van der Waals surface area contributed by atoms with Gasteiger partial charge in [0.1, 0.15) is 0 Å². The molecule has 126 valence electrons. The quantitative estimate of drug-likeness (QED) is 0.705. The minimum Gasteiger partial charge on any atom is -0.312 e. The van der Waals surface area contributed by atoms with Crippen molar-refractivity contribution in [2.24, 2.45) is 11.8 Å². The molecule has 3 nitrogen and oxygen atoms in total. The number of nitrogens with zero attached hydrogens (tertiary/aromatic N) is 2. The van der Waals surface area contributed by atoms with E-state index in [1.165, 1.54) is 45.3 Å². The molecule has 1 rings (SSSR count). The molecule has 0 aliphatic carbocycles. The van der Waals surface area contributed by atoms with Gasteiger partial charge in [-0.1, -0.05) is 20.8 Å². The summed E-state index contributed by atoms with van der Waals surface area (Å²) in [5.41, 5.74) is 0. The molecule has 0 spiro atoms. The maximum absolute atomic E-state index is 3.83. The van der Waals surface area contributed by atoms with E-state index >= 15 is 0 Å². The highest BCUT2D eigenvalue weighted by molar-refractivity contribution is 4.81. The zero-order valence-corrected chi connectivity index (χ0v) is 15.4. The Kier molecular flexibility index (Phi) is 8.84. The first-order chi connectivity index (χ1) is 9.93. The topological polar surface area (TPSA) is 18.5 Å². The first kappa shape index (κ1) is 18.9. The van der Waals surface area contributed by atoms with Gasteiger partial charge < -0.3 is 15.1 Å². The summed E-state index contributed by atoms with van der Waals surface area (Å²) in [6.07, 6.45) is 5.30. The van der Waals surface area contributed by atoms with Gasteiger partial charge in [0.05, 0.1) is 0 Å². The Morgan fingerprint density at radius 1 is 1.14 bits per heavy atom. The smallest absolute Gasteiger partial charge is 0.0217 e. The number of likely N-dealkylation sites (tertiary alicyclic amines) is 1. The molecule has 1 heterocycles. The number of rotatable bonds is 9. The second-order valence-electron chi connectivity index (χ2n) is 7.62. The maximum atomic E-state index is 3.83. The highest BCUT2D eigenvalue weighted by atomic mass is 15.1. The molecule has 2 unspecified atom stereocenters. The first-order valence-electron chi connectivity index (χ1n) is 9.06. The number of nitrogens with one attached hydrogen (secondary N) is 1. The SMILES string of the molecule is CCCN1CCC(C(C)NCC(CC(C)C)N(C)C)CC1. The van der Waals surface area contributed by atoms with Crippen molar-refractivity contribution < 1.29 is 0 Å². The molecule has 0 aromatic carbocycles. The third kappa shape index (κ3) is 7.12. The fourth-order valence-corrected chi connectivity index (χ4v) is 3.50. The van der Waals surface area contributed by atoms with E-state index in [-0.39, 0.29) is 0 Å². The largest absolute Gasteiger partial charge is 0.312 e. The minimum absolute atomic E-state index is 0.656. The number of piperidine rings is 1. The second-order valence-corrected chi connectivity index (χ2v) is 7.62. The van der Waals surface area contributed by atoms with E-state index in [2.05, 4.69) is 56.9 Å². The van der Waals surface area contributed by atoms with E-state index in [0.717, 1.165) is 18.4 Å². The Labute approximate surface area is 133 Å². The van der Waals surface area contributed by atoms with Gasteiger partial charge in [-0.3, -0.25) is 0 Å². The van der Waals surface area contributed by atoms with Gasteiger partial charge in [0.2, 0.25) is 0 Å². The molecule has 1 aliphatic rings. The molecule has 21 heavy (non-hydrogen) atoms. The fourth-order valence-electron chi connectivity index (χ4n) is 3.50. The summed E-state index contributed by atoms with van der Waals surface area (Å²) in [5, 5.41) is 3.83. The normalized spacial score (nSPS) is 21.1. The molecule has 0 bridgehead atoms. The molecule has 0 saturated carbocycles. The monoisotopic (exact) mass is 297 g/mol. The van der Waals surface area contributed by atoms with Crippen LogP contribution in [-0.2, 0) is 0 Å². The zero-order valence-electron chi connectivity index (χ0n) is 15.4. The maximum Gasteiger partial charge on any atom is 0.0217 e. The predicted octanol–water partition coefficient (Wildman–Crippen LogP) is 3.06. The summed E-state index contributed by atoms with van der Waals surface area (Å²) in [6.45, 7) is 14.3. The lowest BCUT2D eigenvalue weighted by Gasteiger charge is -2.36. The molecule has 0 amide bonds. The van der Waals surface area contributed by atoms with Crippen molar-refractivity contribution in [1.82, 2.24) is 15.1 Å². The molecule has 0 radical (unpaired) electrons. The van der Waals surface area contributed by atoms with Crippen LogP contribution in [0.25, 0.3) is 0 Å². The van der Waals surface area contributed by atoms with Crippen LogP contribution in [0.5, 0.6) is 0 Å². The van der Waals surface area contributed by atoms with Crippen LogP contribution in [-0.4, -0.2) is 62.2 Å². The van der Waals surface area contributed by atoms with Crippen LogP contribution in [0.1, 0.15) is 53.4 Å². The Bertz CT molecular complexity index is 257. The molecule has 1 N–H and O–H groups in total. The lowest BCUT2D eigenvalue weighted by atomic mass is 9.90. The molecular formula is C18H39N3. The average molecular weight is 298 g/mol. The van der Waals surface area contributed by atoms with E-state index in [1.807, 2.05) is 0 Å². The summed E-state index contributed by atoms with van der Waals surface area (Å²) in [4.78, 5) is 5.01. The van der Waals surface area contributed by atoms with E-state index in [1.54, 1.807) is 0 Å².